The van der Waals surface area contributed by atoms with Crippen molar-refractivity contribution in [2.24, 2.45) is 0 Å². The number of esters is 1. The first kappa shape index (κ1) is 21.6. The third-order valence-electron chi connectivity index (χ3n) is 3.93. The van der Waals surface area contributed by atoms with Gasteiger partial charge in [-0.3, -0.25) is 8.98 Å². The lowest BCUT2D eigenvalue weighted by atomic mass is 10.1. The standard InChI is InChI=1S/C20H22O7S/c1-14-4-10-18(11-5-14)28(23,24)26-13-12-19(20(22)25-3)27-17-8-6-16(7-9-17)15(2)21/h4-11,19H,12-13H2,1-3H3. The highest BCUT2D eigenvalue weighted by Gasteiger charge is 2.23. The van der Waals surface area contributed by atoms with Crippen LogP contribution in [0.15, 0.2) is 53.4 Å². The van der Waals surface area contributed by atoms with Crippen molar-refractivity contribution in [1.29, 1.82) is 0 Å². The van der Waals surface area contributed by atoms with Gasteiger partial charge in [-0.2, -0.15) is 8.42 Å². The van der Waals surface area contributed by atoms with Gasteiger partial charge in [0, 0.05) is 12.0 Å². The maximum atomic E-state index is 12.2. The third-order valence-corrected chi connectivity index (χ3v) is 5.26. The second-order valence-electron chi connectivity index (χ2n) is 6.09. The normalized spacial score (nSPS) is 12.2. The van der Waals surface area contributed by atoms with Gasteiger partial charge in [-0.15, -0.1) is 0 Å². The average molecular weight is 406 g/mol. The highest BCUT2D eigenvalue weighted by Crippen LogP contribution is 2.18. The van der Waals surface area contributed by atoms with Crippen molar-refractivity contribution in [3.8, 4) is 5.75 Å². The zero-order valence-electron chi connectivity index (χ0n) is 15.9. The first-order valence-corrected chi connectivity index (χ1v) is 9.95. The topological polar surface area (TPSA) is 96.0 Å². The molecule has 0 aliphatic carbocycles. The van der Waals surface area contributed by atoms with E-state index in [4.69, 9.17) is 13.7 Å². The van der Waals surface area contributed by atoms with Gasteiger partial charge in [0.15, 0.2) is 11.9 Å². The molecule has 0 spiro atoms. The van der Waals surface area contributed by atoms with Gasteiger partial charge >= 0.3 is 5.97 Å². The number of hydrogen-bond acceptors (Lipinski definition) is 7. The fraction of sp³-hybridized carbons (Fsp3) is 0.300. The Morgan fingerprint density at radius 1 is 1.00 bits per heavy atom. The van der Waals surface area contributed by atoms with E-state index < -0.39 is 22.2 Å². The predicted molar refractivity (Wildman–Crippen MR) is 102 cm³/mol. The summed E-state index contributed by atoms with van der Waals surface area (Å²) in [6.07, 6.45) is -1.09. The lowest BCUT2D eigenvalue weighted by Gasteiger charge is -2.17. The third kappa shape index (κ3) is 5.90. The van der Waals surface area contributed by atoms with E-state index in [9.17, 15) is 18.0 Å². The van der Waals surface area contributed by atoms with Crippen LogP contribution in [0.1, 0.15) is 29.3 Å². The molecule has 0 aliphatic rings. The number of Topliss-reactive ketones (excluding diaryl/α,β-unsaturated/α-hetero) is 1. The molecule has 7 nitrogen and oxygen atoms in total. The molecule has 0 bridgehead atoms. The second kappa shape index (κ2) is 9.48. The van der Waals surface area contributed by atoms with Crippen molar-refractivity contribution in [3.05, 3.63) is 59.7 Å². The number of ketones is 1. The van der Waals surface area contributed by atoms with Gasteiger partial charge in [-0.05, 0) is 50.2 Å². The summed E-state index contributed by atoms with van der Waals surface area (Å²) in [5.41, 5.74) is 1.43. The maximum absolute atomic E-state index is 12.2. The van der Waals surface area contributed by atoms with E-state index in [0.717, 1.165) is 5.56 Å². The van der Waals surface area contributed by atoms with Crippen LogP contribution < -0.4 is 4.74 Å². The van der Waals surface area contributed by atoms with Crippen molar-refractivity contribution in [1.82, 2.24) is 0 Å². The summed E-state index contributed by atoms with van der Waals surface area (Å²) in [4.78, 5) is 23.3. The predicted octanol–water partition coefficient (Wildman–Crippen LogP) is 2.91. The number of methoxy groups -OCH3 is 1. The van der Waals surface area contributed by atoms with Crippen LogP contribution >= 0.6 is 0 Å². The molecule has 1 unspecified atom stereocenters. The summed E-state index contributed by atoms with van der Waals surface area (Å²) in [7, 11) is -2.73. The Kier molecular flexibility index (Phi) is 7.31. The number of benzene rings is 2. The quantitative estimate of drug-likeness (QED) is 0.359. The van der Waals surface area contributed by atoms with Gasteiger partial charge < -0.3 is 9.47 Å². The monoisotopic (exact) mass is 406 g/mol. The number of carbonyl (C=O) groups is 2. The van der Waals surface area contributed by atoms with Gasteiger partial charge in [-0.25, -0.2) is 4.79 Å². The summed E-state index contributed by atoms with van der Waals surface area (Å²) in [6, 6.07) is 12.5. The van der Waals surface area contributed by atoms with E-state index in [1.807, 2.05) is 6.92 Å². The Morgan fingerprint density at radius 3 is 2.14 bits per heavy atom. The van der Waals surface area contributed by atoms with Crippen LogP contribution in [0.5, 0.6) is 5.75 Å². The van der Waals surface area contributed by atoms with E-state index in [2.05, 4.69) is 0 Å². The van der Waals surface area contributed by atoms with Gasteiger partial charge in [0.25, 0.3) is 10.1 Å². The Balaban J connectivity index is 2.01. The zero-order chi connectivity index (χ0) is 20.7. The van der Waals surface area contributed by atoms with Crippen LogP contribution in [0, 0.1) is 6.92 Å². The number of carbonyl (C=O) groups excluding carboxylic acids is 2. The molecule has 0 saturated carbocycles. The van der Waals surface area contributed by atoms with Crippen LogP contribution in [0.2, 0.25) is 0 Å². The second-order valence-corrected chi connectivity index (χ2v) is 7.70. The molecule has 2 rings (SSSR count). The maximum Gasteiger partial charge on any atom is 0.347 e. The molecule has 2 aromatic carbocycles. The Bertz CT molecular complexity index is 916. The van der Waals surface area contributed by atoms with E-state index >= 15 is 0 Å². The number of aryl methyl sites for hydroxylation is 1. The molecule has 0 aliphatic heterocycles. The molecule has 2 aromatic rings. The van der Waals surface area contributed by atoms with Crippen molar-refractivity contribution in [2.45, 2.75) is 31.3 Å². The Labute approximate surface area is 164 Å². The zero-order valence-corrected chi connectivity index (χ0v) is 16.7. The van der Waals surface area contributed by atoms with Crippen molar-refractivity contribution < 1.29 is 31.7 Å². The lowest BCUT2D eigenvalue weighted by molar-refractivity contribution is -0.149. The van der Waals surface area contributed by atoms with Crippen molar-refractivity contribution in [2.75, 3.05) is 13.7 Å². The van der Waals surface area contributed by atoms with Gasteiger partial charge in [-0.1, -0.05) is 17.7 Å². The molecule has 150 valence electrons. The summed E-state index contributed by atoms with van der Waals surface area (Å²) < 4.78 is 39.7. The molecule has 0 aromatic heterocycles. The molecular weight excluding hydrogens is 384 g/mol. The minimum atomic E-state index is -3.94. The molecule has 8 heteroatoms. The molecule has 1 atom stereocenters. The fourth-order valence-electron chi connectivity index (χ4n) is 2.33. The Morgan fingerprint density at radius 2 is 1.61 bits per heavy atom. The van der Waals surface area contributed by atoms with Crippen LogP contribution in [-0.2, 0) is 23.8 Å². The summed E-state index contributed by atoms with van der Waals surface area (Å²) in [6.45, 7) is 3.03. The van der Waals surface area contributed by atoms with Crippen molar-refractivity contribution >= 4 is 21.9 Å². The van der Waals surface area contributed by atoms with Gasteiger partial charge in [0.1, 0.15) is 5.75 Å². The van der Waals surface area contributed by atoms with E-state index in [-0.39, 0.29) is 23.7 Å². The number of rotatable bonds is 9. The average Bonchev–Trinajstić information content (AvgIpc) is 2.67. The molecule has 0 saturated heterocycles. The molecule has 0 heterocycles. The van der Waals surface area contributed by atoms with Gasteiger partial charge in [0.05, 0.1) is 18.6 Å². The lowest BCUT2D eigenvalue weighted by Crippen LogP contribution is -2.30. The molecule has 0 fully saturated rings. The first-order valence-electron chi connectivity index (χ1n) is 8.54. The fourth-order valence-corrected chi connectivity index (χ4v) is 3.25. The minimum absolute atomic E-state index is 0.0355. The van der Waals surface area contributed by atoms with E-state index in [0.29, 0.717) is 11.3 Å². The molecular formula is C20H22O7S. The van der Waals surface area contributed by atoms with Crippen LogP contribution in [0.3, 0.4) is 0 Å². The Hall–Kier alpha value is -2.71. The van der Waals surface area contributed by atoms with E-state index in [1.54, 1.807) is 36.4 Å². The van der Waals surface area contributed by atoms with Crippen LogP contribution in [0.4, 0.5) is 0 Å². The largest absolute Gasteiger partial charge is 0.479 e. The highest BCUT2D eigenvalue weighted by atomic mass is 32.2. The summed E-state index contributed by atoms with van der Waals surface area (Å²) in [5, 5.41) is 0. The van der Waals surface area contributed by atoms with E-state index in [1.165, 1.54) is 26.2 Å². The molecule has 28 heavy (non-hydrogen) atoms. The molecule has 0 N–H and O–H groups in total. The van der Waals surface area contributed by atoms with Gasteiger partial charge in [0.2, 0.25) is 0 Å². The van der Waals surface area contributed by atoms with Crippen molar-refractivity contribution in [3.63, 3.8) is 0 Å². The molecule has 0 amide bonds. The molecule has 0 radical (unpaired) electrons. The van der Waals surface area contributed by atoms with Crippen LogP contribution in [-0.4, -0.2) is 40.0 Å². The highest BCUT2D eigenvalue weighted by molar-refractivity contribution is 7.86. The minimum Gasteiger partial charge on any atom is -0.479 e. The van der Waals surface area contributed by atoms with Crippen LogP contribution in [0.25, 0.3) is 0 Å². The summed E-state index contributed by atoms with van der Waals surface area (Å²) in [5.74, 6) is -0.403. The number of ether oxygens (including phenoxy) is 2. The number of hydrogen-bond donors (Lipinski definition) is 0. The summed E-state index contributed by atoms with van der Waals surface area (Å²) >= 11 is 0. The first-order chi connectivity index (χ1) is 13.2. The smallest absolute Gasteiger partial charge is 0.347 e. The SMILES string of the molecule is COC(=O)C(CCOS(=O)(=O)c1ccc(C)cc1)Oc1ccc(C(C)=O)cc1.